The van der Waals surface area contributed by atoms with Gasteiger partial charge in [0.2, 0.25) is 21.7 Å². The molecule has 29 heavy (non-hydrogen) atoms. The normalized spacial score (nSPS) is 26.4. The third-order valence-electron chi connectivity index (χ3n) is 4.90. The first-order valence-corrected chi connectivity index (χ1v) is 10.1. The summed E-state index contributed by atoms with van der Waals surface area (Å²) in [6, 6.07) is 0. The number of aromatic nitrogens is 2. The molecule has 0 bridgehead atoms. The summed E-state index contributed by atoms with van der Waals surface area (Å²) in [5.74, 6) is -2.25. The molecular weight excluding hydrogens is 422 g/mol. The van der Waals surface area contributed by atoms with Crippen molar-refractivity contribution in [3.63, 3.8) is 0 Å². The highest BCUT2D eigenvalue weighted by atomic mass is 32.2. The van der Waals surface area contributed by atoms with Crippen LogP contribution in [-0.2, 0) is 21.9 Å². The van der Waals surface area contributed by atoms with Gasteiger partial charge in [-0.1, -0.05) is 0 Å². The van der Waals surface area contributed by atoms with Gasteiger partial charge in [0.15, 0.2) is 0 Å². The average Bonchev–Trinajstić information content (AvgIpc) is 3.26. The van der Waals surface area contributed by atoms with Gasteiger partial charge in [-0.05, 0) is 12.8 Å². The number of sulfonamides is 1. The van der Waals surface area contributed by atoms with E-state index in [4.69, 9.17) is 0 Å². The third-order valence-corrected chi connectivity index (χ3v) is 6.72. The zero-order chi connectivity index (χ0) is 21.6. The number of hydrogen-bond donors (Lipinski definition) is 1. The molecule has 1 saturated heterocycles. The SMILES string of the molecule is Cn1cc(S(=O)(=O)N2CCCC(C(=O)N3N=C(C(F)F)CC3(O)C(F)F)C2)cn1. The van der Waals surface area contributed by atoms with Crippen LogP contribution >= 0.6 is 0 Å². The number of piperidine rings is 1. The molecule has 2 unspecified atom stereocenters. The monoisotopic (exact) mass is 441 g/mol. The largest absolute Gasteiger partial charge is 0.364 e. The number of carbonyl (C=O) groups excluding carboxylic acids is 1. The van der Waals surface area contributed by atoms with Crippen molar-refractivity contribution >= 4 is 21.6 Å². The van der Waals surface area contributed by atoms with Crippen LogP contribution in [0.2, 0.25) is 0 Å². The molecule has 1 N–H and O–H groups in total. The van der Waals surface area contributed by atoms with E-state index in [1.165, 1.54) is 17.9 Å². The topological polar surface area (TPSA) is 108 Å². The quantitative estimate of drug-likeness (QED) is 0.675. The van der Waals surface area contributed by atoms with Crippen LogP contribution in [0.3, 0.4) is 0 Å². The van der Waals surface area contributed by atoms with Gasteiger partial charge in [-0.2, -0.15) is 19.5 Å². The molecule has 0 radical (unpaired) electrons. The molecule has 0 aromatic carbocycles. The average molecular weight is 441 g/mol. The number of rotatable bonds is 5. The number of aliphatic hydroxyl groups is 1. The maximum atomic E-state index is 13.4. The summed E-state index contributed by atoms with van der Waals surface area (Å²) in [5.41, 5.74) is -4.22. The molecule has 9 nitrogen and oxygen atoms in total. The van der Waals surface area contributed by atoms with Crippen LogP contribution in [0.4, 0.5) is 17.6 Å². The second kappa shape index (κ2) is 7.65. The number of carbonyl (C=O) groups is 1. The summed E-state index contributed by atoms with van der Waals surface area (Å²) in [4.78, 5) is 12.6. The van der Waals surface area contributed by atoms with Crippen molar-refractivity contribution in [2.75, 3.05) is 13.1 Å². The molecule has 0 spiro atoms. The first-order chi connectivity index (χ1) is 13.5. The van der Waals surface area contributed by atoms with E-state index in [1.807, 2.05) is 0 Å². The molecule has 1 aromatic heterocycles. The molecule has 1 amide bonds. The standard InChI is InChI=1S/C15H19F4N5O4S/c1-22-8-10(6-20-22)29(27,28)23-4-2-3-9(7-23)13(25)24-15(26,14(18)19)5-11(21-24)12(16)17/h6,8-9,12,14,26H,2-5,7H2,1H3. The van der Waals surface area contributed by atoms with Crippen molar-refractivity contribution in [1.29, 1.82) is 0 Å². The molecule has 1 fully saturated rings. The van der Waals surface area contributed by atoms with Crippen LogP contribution in [0.15, 0.2) is 22.4 Å². The molecule has 1 aromatic rings. The van der Waals surface area contributed by atoms with Crippen LogP contribution in [0, 0.1) is 5.92 Å². The Morgan fingerprint density at radius 3 is 2.59 bits per heavy atom. The van der Waals surface area contributed by atoms with E-state index < -0.39 is 52.6 Å². The lowest BCUT2D eigenvalue weighted by molar-refractivity contribution is -0.195. The van der Waals surface area contributed by atoms with Gasteiger partial charge in [-0.15, -0.1) is 0 Å². The first kappa shape index (κ1) is 21.6. The van der Waals surface area contributed by atoms with Crippen molar-refractivity contribution in [3.05, 3.63) is 12.4 Å². The van der Waals surface area contributed by atoms with E-state index in [9.17, 15) is 35.9 Å². The maximum absolute atomic E-state index is 13.4. The van der Waals surface area contributed by atoms with Crippen LogP contribution in [0.25, 0.3) is 0 Å². The summed E-state index contributed by atoms with van der Waals surface area (Å²) < 4.78 is 80.3. The summed E-state index contributed by atoms with van der Waals surface area (Å²) >= 11 is 0. The smallest absolute Gasteiger partial charge is 0.287 e. The fourth-order valence-electron chi connectivity index (χ4n) is 3.34. The number of amides is 1. The number of halogens is 4. The predicted molar refractivity (Wildman–Crippen MR) is 90.5 cm³/mol. The summed E-state index contributed by atoms with van der Waals surface area (Å²) in [6.45, 7) is -0.267. The van der Waals surface area contributed by atoms with Crippen LogP contribution in [0.5, 0.6) is 0 Å². The fraction of sp³-hybridized carbons (Fsp3) is 0.667. The molecule has 2 aliphatic rings. The Hall–Kier alpha value is -2.06. The molecule has 14 heteroatoms. The highest BCUT2D eigenvalue weighted by molar-refractivity contribution is 7.89. The van der Waals surface area contributed by atoms with Crippen molar-refractivity contribution in [3.8, 4) is 0 Å². The van der Waals surface area contributed by atoms with Crippen LogP contribution < -0.4 is 0 Å². The zero-order valence-corrected chi connectivity index (χ0v) is 16.1. The minimum absolute atomic E-state index is 0.00990. The number of aryl methyl sites for hydroxylation is 1. The third kappa shape index (κ3) is 3.88. The Balaban J connectivity index is 1.83. The Morgan fingerprint density at radius 1 is 1.34 bits per heavy atom. The van der Waals surface area contributed by atoms with Gasteiger partial charge in [0.25, 0.3) is 12.9 Å². The second-order valence-electron chi connectivity index (χ2n) is 6.95. The minimum Gasteiger partial charge on any atom is -0.364 e. The highest BCUT2D eigenvalue weighted by Gasteiger charge is 2.54. The molecule has 0 aliphatic carbocycles. The van der Waals surface area contributed by atoms with Crippen molar-refractivity contribution < 1.29 is 35.9 Å². The number of alkyl halides is 4. The summed E-state index contributed by atoms with van der Waals surface area (Å²) in [5, 5.41) is 17.1. The lowest BCUT2D eigenvalue weighted by Crippen LogP contribution is -2.55. The predicted octanol–water partition coefficient (Wildman–Crippen LogP) is 0.628. The number of hydrogen-bond acceptors (Lipinski definition) is 6. The lowest BCUT2D eigenvalue weighted by Gasteiger charge is -2.36. The maximum Gasteiger partial charge on any atom is 0.287 e. The minimum atomic E-state index is -3.99. The van der Waals surface area contributed by atoms with Gasteiger partial charge in [0.1, 0.15) is 10.6 Å². The highest BCUT2D eigenvalue weighted by Crippen LogP contribution is 2.35. The van der Waals surface area contributed by atoms with Gasteiger partial charge in [-0.3, -0.25) is 9.48 Å². The van der Waals surface area contributed by atoms with Gasteiger partial charge in [-0.25, -0.2) is 26.0 Å². The zero-order valence-electron chi connectivity index (χ0n) is 15.3. The summed E-state index contributed by atoms with van der Waals surface area (Å²) in [7, 11) is -2.46. The summed E-state index contributed by atoms with van der Waals surface area (Å²) in [6.07, 6.45) is -5.16. The van der Waals surface area contributed by atoms with E-state index in [0.29, 0.717) is 0 Å². The van der Waals surface area contributed by atoms with Crippen LogP contribution in [-0.4, -0.2) is 75.9 Å². The molecule has 3 rings (SSSR count). The Morgan fingerprint density at radius 2 is 2.03 bits per heavy atom. The van der Waals surface area contributed by atoms with E-state index in [1.54, 1.807) is 0 Å². The molecule has 162 valence electrons. The van der Waals surface area contributed by atoms with Crippen molar-refractivity contribution in [2.45, 2.75) is 42.7 Å². The number of hydrazone groups is 1. The van der Waals surface area contributed by atoms with Crippen molar-refractivity contribution in [1.82, 2.24) is 19.1 Å². The first-order valence-electron chi connectivity index (χ1n) is 8.65. The number of nitrogens with zero attached hydrogens (tertiary/aromatic N) is 5. The van der Waals surface area contributed by atoms with E-state index in [0.717, 1.165) is 10.5 Å². The van der Waals surface area contributed by atoms with Gasteiger partial charge in [0.05, 0.1) is 12.1 Å². The lowest BCUT2D eigenvalue weighted by atomic mass is 9.97. The Bertz CT molecular complexity index is 922. The Kier molecular flexibility index (Phi) is 5.71. The van der Waals surface area contributed by atoms with E-state index in [-0.39, 0.29) is 35.8 Å². The van der Waals surface area contributed by atoms with E-state index >= 15 is 0 Å². The van der Waals surface area contributed by atoms with Crippen LogP contribution in [0.1, 0.15) is 19.3 Å². The Labute approximate surface area is 163 Å². The molecule has 3 heterocycles. The second-order valence-corrected chi connectivity index (χ2v) is 8.89. The molecule has 2 aliphatic heterocycles. The molecular formula is C15H19F4N5O4S. The van der Waals surface area contributed by atoms with Gasteiger partial charge in [0, 0.05) is 32.8 Å². The van der Waals surface area contributed by atoms with Gasteiger partial charge < -0.3 is 5.11 Å². The molecule has 0 saturated carbocycles. The fourth-order valence-corrected chi connectivity index (χ4v) is 4.85. The van der Waals surface area contributed by atoms with Crippen molar-refractivity contribution in [2.24, 2.45) is 18.1 Å². The van der Waals surface area contributed by atoms with Gasteiger partial charge >= 0.3 is 0 Å². The molecule has 2 atom stereocenters. The van der Waals surface area contributed by atoms with E-state index in [2.05, 4.69) is 10.2 Å².